The third-order valence-electron chi connectivity index (χ3n) is 3.21. The Morgan fingerprint density at radius 3 is 2.67 bits per heavy atom. The smallest absolute Gasteiger partial charge is 0.304 e. The van der Waals surface area contributed by atoms with E-state index in [4.69, 9.17) is 5.11 Å². The molecular weight excluding hydrogens is 190 g/mol. The van der Waals surface area contributed by atoms with E-state index in [0.717, 1.165) is 25.8 Å². The second kappa shape index (κ2) is 5.50. The van der Waals surface area contributed by atoms with Gasteiger partial charge in [-0.15, -0.1) is 0 Å². The molecule has 3 nitrogen and oxygen atoms in total. The Labute approximate surface area is 92.5 Å². The summed E-state index contributed by atoms with van der Waals surface area (Å²) < 4.78 is 0. The van der Waals surface area contributed by atoms with Gasteiger partial charge in [-0.2, -0.15) is 0 Å². The summed E-state index contributed by atoms with van der Waals surface area (Å²) in [4.78, 5) is 13.1. The zero-order valence-electron chi connectivity index (χ0n) is 10.1. The lowest BCUT2D eigenvalue weighted by atomic mass is 10.0. The summed E-state index contributed by atoms with van der Waals surface area (Å²) >= 11 is 0. The maximum atomic E-state index is 10.7. The lowest BCUT2D eigenvalue weighted by Gasteiger charge is -2.31. The van der Waals surface area contributed by atoms with Crippen LogP contribution in [0, 0.1) is 5.92 Å². The Hall–Kier alpha value is -0.570. The molecule has 1 heterocycles. The molecule has 0 bridgehead atoms. The van der Waals surface area contributed by atoms with Gasteiger partial charge in [0.1, 0.15) is 0 Å². The lowest BCUT2D eigenvalue weighted by Crippen LogP contribution is -2.39. The number of hydrogen-bond acceptors (Lipinski definition) is 2. The first-order chi connectivity index (χ1) is 7.00. The number of carboxylic acid groups (broad SMARTS) is 1. The topological polar surface area (TPSA) is 40.5 Å². The van der Waals surface area contributed by atoms with Crippen molar-refractivity contribution < 1.29 is 9.90 Å². The van der Waals surface area contributed by atoms with Crippen LogP contribution in [0.25, 0.3) is 0 Å². The highest BCUT2D eigenvalue weighted by Crippen LogP contribution is 2.25. The fraction of sp³-hybridized carbons (Fsp3) is 0.917. The van der Waals surface area contributed by atoms with E-state index in [0.29, 0.717) is 18.4 Å². The molecule has 0 radical (unpaired) electrons. The molecule has 1 fully saturated rings. The summed E-state index contributed by atoms with van der Waals surface area (Å²) in [5.41, 5.74) is 0. The largest absolute Gasteiger partial charge is 0.481 e. The van der Waals surface area contributed by atoms with E-state index in [1.165, 1.54) is 0 Å². The molecule has 88 valence electrons. The lowest BCUT2D eigenvalue weighted by molar-refractivity contribution is -0.138. The van der Waals surface area contributed by atoms with Gasteiger partial charge in [0.15, 0.2) is 0 Å². The molecule has 1 saturated heterocycles. The standard InChI is InChI=1S/C12H23NO2/c1-9(2)7-10(3)13-6-4-5-11(13)8-12(14)15/h9-11H,4-8H2,1-3H3,(H,14,15). The molecule has 0 aromatic rings. The van der Waals surface area contributed by atoms with Crippen molar-refractivity contribution in [3.63, 3.8) is 0 Å². The van der Waals surface area contributed by atoms with Crippen molar-refractivity contribution in [3.8, 4) is 0 Å². The van der Waals surface area contributed by atoms with E-state index in [-0.39, 0.29) is 6.04 Å². The van der Waals surface area contributed by atoms with Crippen LogP contribution >= 0.6 is 0 Å². The Kier molecular flexibility index (Phi) is 4.58. The van der Waals surface area contributed by atoms with Crippen LogP contribution in [0.4, 0.5) is 0 Å². The van der Waals surface area contributed by atoms with E-state index in [1.807, 2.05) is 0 Å². The van der Waals surface area contributed by atoms with Gasteiger partial charge in [0, 0.05) is 12.1 Å². The van der Waals surface area contributed by atoms with Crippen LogP contribution in [0.1, 0.15) is 46.5 Å². The number of aliphatic carboxylic acids is 1. The van der Waals surface area contributed by atoms with Crippen LogP contribution in [0.3, 0.4) is 0 Å². The van der Waals surface area contributed by atoms with Crippen LogP contribution in [-0.4, -0.2) is 34.6 Å². The molecule has 0 spiro atoms. The van der Waals surface area contributed by atoms with Crippen LogP contribution in [0.2, 0.25) is 0 Å². The fourth-order valence-electron chi connectivity index (χ4n) is 2.68. The van der Waals surface area contributed by atoms with Gasteiger partial charge in [0.05, 0.1) is 6.42 Å². The van der Waals surface area contributed by atoms with E-state index in [1.54, 1.807) is 0 Å². The van der Waals surface area contributed by atoms with E-state index in [9.17, 15) is 4.79 Å². The van der Waals surface area contributed by atoms with E-state index < -0.39 is 5.97 Å². The molecule has 2 unspecified atom stereocenters. The number of rotatable bonds is 5. The SMILES string of the molecule is CC(C)CC(C)N1CCCC1CC(=O)O. The maximum Gasteiger partial charge on any atom is 0.304 e. The zero-order chi connectivity index (χ0) is 11.4. The molecule has 1 aliphatic heterocycles. The number of nitrogens with zero attached hydrogens (tertiary/aromatic N) is 1. The molecule has 1 aliphatic rings. The Morgan fingerprint density at radius 2 is 2.13 bits per heavy atom. The molecule has 0 saturated carbocycles. The number of hydrogen-bond donors (Lipinski definition) is 1. The minimum absolute atomic E-state index is 0.274. The van der Waals surface area contributed by atoms with Crippen LogP contribution in [-0.2, 0) is 4.79 Å². The Morgan fingerprint density at radius 1 is 1.47 bits per heavy atom. The first-order valence-electron chi connectivity index (χ1n) is 5.98. The van der Waals surface area contributed by atoms with E-state index in [2.05, 4.69) is 25.7 Å². The molecule has 15 heavy (non-hydrogen) atoms. The van der Waals surface area contributed by atoms with Crippen LogP contribution < -0.4 is 0 Å². The van der Waals surface area contributed by atoms with Crippen molar-refractivity contribution in [3.05, 3.63) is 0 Å². The summed E-state index contributed by atoms with van der Waals surface area (Å²) in [6.45, 7) is 7.74. The van der Waals surface area contributed by atoms with Gasteiger partial charge in [0.25, 0.3) is 0 Å². The predicted octanol–water partition coefficient (Wildman–Crippen LogP) is 2.36. The quantitative estimate of drug-likeness (QED) is 0.762. The molecule has 0 aromatic carbocycles. The van der Waals surface area contributed by atoms with Gasteiger partial charge < -0.3 is 5.11 Å². The van der Waals surface area contributed by atoms with Gasteiger partial charge in [-0.25, -0.2) is 0 Å². The van der Waals surface area contributed by atoms with Crippen molar-refractivity contribution in [2.45, 2.75) is 58.5 Å². The first kappa shape index (κ1) is 12.5. The van der Waals surface area contributed by atoms with Crippen LogP contribution in [0.15, 0.2) is 0 Å². The molecule has 0 amide bonds. The summed E-state index contributed by atoms with van der Waals surface area (Å²) in [6.07, 6.45) is 3.67. The molecule has 0 aliphatic carbocycles. The Balaban J connectivity index is 2.48. The third kappa shape index (κ3) is 3.82. The van der Waals surface area contributed by atoms with Gasteiger partial charge in [-0.1, -0.05) is 13.8 Å². The molecular formula is C12H23NO2. The fourth-order valence-corrected chi connectivity index (χ4v) is 2.68. The minimum atomic E-state index is -0.663. The van der Waals surface area contributed by atoms with Crippen molar-refractivity contribution >= 4 is 5.97 Å². The highest BCUT2D eigenvalue weighted by molar-refractivity contribution is 5.67. The first-order valence-corrected chi connectivity index (χ1v) is 5.98. The van der Waals surface area contributed by atoms with Crippen LogP contribution in [0.5, 0.6) is 0 Å². The maximum absolute atomic E-state index is 10.7. The average Bonchev–Trinajstić information content (AvgIpc) is 2.49. The van der Waals surface area contributed by atoms with Crippen molar-refractivity contribution in [2.24, 2.45) is 5.92 Å². The average molecular weight is 213 g/mol. The predicted molar refractivity (Wildman–Crippen MR) is 60.9 cm³/mol. The van der Waals surface area contributed by atoms with Gasteiger partial charge in [-0.3, -0.25) is 9.69 Å². The van der Waals surface area contributed by atoms with E-state index >= 15 is 0 Å². The monoisotopic (exact) mass is 213 g/mol. The third-order valence-corrected chi connectivity index (χ3v) is 3.21. The zero-order valence-corrected chi connectivity index (χ0v) is 10.1. The van der Waals surface area contributed by atoms with Gasteiger partial charge in [0.2, 0.25) is 0 Å². The molecule has 2 atom stereocenters. The summed E-state index contributed by atoms with van der Waals surface area (Å²) in [5, 5.41) is 8.83. The molecule has 1 rings (SSSR count). The minimum Gasteiger partial charge on any atom is -0.481 e. The number of likely N-dealkylation sites (tertiary alicyclic amines) is 1. The van der Waals surface area contributed by atoms with Crippen molar-refractivity contribution in [1.29, 1.82) is 0 Å². The summed E-state index contributed by atoms with van der Waals surface area (Å²) in [5.74, 6) is 0.0229. The number of carbonyl (C=O) groups is 1. The van der Waals surface area contributed by atoms with Gasteiger partial charge >= 0.3 is 5.97 Å². The summed E-state index contributed by atoms with van der Waals surface area (Å²) in [7, 11) is 0. The van der Waals surface area contributed by atoms with Crippen molar-refractivity contribution in [2.75, 3.05) is 6.54 Å². The molecule has 1 N–H and O–H groups in total. The Bertz CT molecular complexity index is 216. The van der Waals surface area contributed by atoms with Gasteiger partial charge in [-0.05, 0) is 38.6 Å². The molecule has 0 aromatic heterocycles. The normalized spacial score (nSPS) is 24.7. The second-order valence-electron chi connectivity index (χ2n) is 5.11. The highest BCUT2D eigenvalue weighted by Gasteiger charge is 2.29. The highest BCUT2D eigenvalue weighted by atomic mass is 16.4. The summed E-state index contributed by atoms with van der Waals surface area (Å²) in [6, 6.07) is 0.799. The van der Waals surface area contributed by atoms with Crippen molar-refractivity contribution in [1.82, 2.24) is 4.90 Å². The second-order valence-corrected chi connectivity index (χ2v) is 5.11. The molecule has 3 heteroatoms. The number of carboxylic acids is 1.